The van der Waals surface area contributed by atoms with Crippen LogP contribution < -0.4 is 16.0 Å². The molecule has 2 heterocycles. The van der Waals surface area contributed by atoms with Crippen LogP contribution in [-0.4, -0.2) is 79.0 Å². The molecule has 0 radical (unpaired) electrons. The van der Waals surface area contributed by atoms with Crippen LogP contribution in [0, 0.1) is 0 Å². The van der Waals surface area contributed by atoms with E-state index < -0.39 is 0 Å². The Labute approximate surface area is 172 Å². The van der Waals surface area contributed by atoms with Gasteiger partial charge < -0.3 is 16.0 Å². The molecule has 148 valence electrons. The van der Waals surface area contributed by atoms with Crippen molar-refractivity contribution < 1.29 is 9.59 Å². The lowest BCUT2D eigenvalue weighted by Gasteiger charge is -2.24. The minimum Gasteiger partial charge on any atom is -0.357 e. The van der Waals surface area contributed by atoms with Crippen LogP contribution in [0.2, 0.25) is 0 Å². The van der Waals surface area contributed by atoms with E-state index in [-0.39, 0.29) is 42.5 Å². The van der Waals surface area contributed by atoms with Gasteiger partial charge in [-0.05, 0) is 26.2 Å². The third-order valence-electron chi connectivity index (χ3n) is 5.28. The monoisotopic (exact) mass is 478 g/mol. The Morgan fingerprint density at radius 1 is 1.27 bits per heavy atom. The van der Waals surface area contributed by atoms with Crippen LogP contribution in [-0.2, 0) is 4.79 Å². The number of rotatable bonds is 6. The first-order chi connectivity index (χ1) is 12.2. The highest BCUT2D eigenvalue weighted by atomic mass is 127. The fourth-order valence-electron chi connectivity index (χ4n) is 3.96. The lowest BCUT2D eigenvalue weighted by molar-refractivity contribution is -0.124. The summed E-state index contributed by atoms with van der Waals surface area (Å²) in [5.41, 5.74) is 0. The van der Waals surface area contributed by atoms with Gasteiger partial charge in [-0.1, -0.05) is 12.8 Å². The van der Waals surface area contributed by atoms with Crippen LogP contribution in [0.3, 0.4) is 0 Å². The van der Waals surface area contributed by atoms with E-state index >= 15 is 0 Å². The molecule has 3 N–H and O–H groups in total. The highest BCUT2D eigenvalue weighted by Crippen LogP contribution is 2.26. The number of urea groups is 1. The number of halogens is 1. The topological polar surface area (TPSA) is 89.1 Å². The van der Waals surface area contributed by atoms with Crippen molar-refractivity contribution in [2.45, 2.75) is 51.1 Å². The van der Waals surface area contributed by atoms with Gasteiger partial charge in [-0.2, -0.15) is 0 Å². The summed E-state index contributed by atoms with van der Waals surface area (Å²) in [6, 6.07) is 0.863. The molecular weight excluding hydrogens is 447 g/mol. The molecule has 1 saturated carbocycles. The van der Waals surface area contributed by atoms with E-state index in [0.29, 0.717) is 19.1 Å². The molecule has 1 atom stereocenters. The number of carbonyl (C=O) groups excluding carboxylic acids is 2. The summed E-state index contributed by atoms with van der Waals surface area (Å²) >= 11 is 0. The third kappa shape index (κ3) is 5.45. The lowest BCUT2D eigenvalue weighted by Crippen LogP contribution is -2.45. The van der Waals surface area contributed by atoms with Crippen molar-refractivity contribution in [3.8, 4) is 0 Å². The number of imide groups is 1. The van der Waals surface area contributed by atoms with Crippen molar-refractivity contribution in [1.29, 1.82) is 0 Å². The van der Waals surface area contributed by atoms with E-state index in [4.69, 9.17) is 0 Å². The molecule has 1 unspecified atom stereocenters. The summed E-state index contributed by atoms with van der Waals surface area (Å²) in [4.78, 5) is 31.5. The second kappa shape index (κ2) is 10.3. The van der Waals surface area contributed by atoms with Crippen LogP contribution in [0.15, 0.2) is 4.99 Å². The highest BCUT2D eigenvalue weighted by Gasteiger charge is 2.30. The molecule has 1 aliphatic carbocycles. The van der Waals surface area contributed by atoms with Gasteiger partial charge in [-0.15, -0.1) is 24.0 Å². The predicted octanol–water partition coefficient (Wildman–Crippen LogP) is 0.728. The SMILES string of the molecule is CCNC(=NCCN1C(=O)CNC1=O)NC1CCN(C2CCCC2)C1.I. The third-order valence-corrected chi connectivity index (χ3v) is 5.28. The minimum atomic E-state index is -0.318. The Morgan fingerprint density at radius 2 is 2.04 bits per heavy atom. The standard InChI is InChI=1S/C17H30N6O2.HI/c1-2-18-16(19-8-10-23-15(24)11-20-17(23)25)21-13-7-9-22(12-13)14-5-3-4-6-14;/h13-14H,2-12H2,1H3,(H,20,25)(H2,18,19,21);1H. The number of nitrogens with zero attached hydrogens (tertiary/aromatic N) is 3. The molecular formula is C17H31IN6O2. The van der Waals surface area contributed by atoms with Gasteiger partial charge in [-0.3, -0.25) is 19.6 Å². The Morgan fingerprint density at radius 3 is 2.69 bits per heavy atom. The molecule has 2 saturated heterocycles. The number of hydrogen-bond donors (Lipinski definition) is 3. The Kier molecular flexibility index (Phi) is 8.39. The van der Waals surface area contributed by atoms with Gasteiger partial charge in [-0.25, -0.2) is 4.79 Å². The fraction of sp³-hybridized carbons (Fsp3) is 0.824. The van der Waals surface area contributed by atoms with Crippen LogP contribution in [0.5, 0.6) is 0 Å². The van der Waals surface area contributed by atoms with E-state index in [1.807, 2.05) is 6.92 Å². The van der Waals surface area contributed by atoms with Crippen molar-refractivity contribution >= 4 is 41.9 Å². The van der Waals surface area contributed by atoms with Gasteiger partial charge in [0.1, 0.15) is 0 Å². The first-order valence-electron chi connectivity index (χ1n) is 9.54. The smallest absolute Gasteiger partial charge is 0.324 e. The van der Waals surface area contributed by atoms with E-state index in [1.165, 1.54) is 30.6 Å². The van der Waals surface area contributed by atoms with Crippen LogP contribution in [0.4, 0.5) is 4.79 Å². The Bertz CT molecular complexity index is 507. The largest absolute Gasteiger partial charge is 0.357 e. The van der Waals surface area contributed by atoms with Gasteiger partial charge in [0.15, 0.2) is 5.96 Å². The summed E-state index contributed by atoms with van der Waals surface area (Å²) in [6.45, 7) is 5.88. The molecule has 8 nitrogen and oxygen atoms in total. The van der Waals surface area contributed by atoms with E-state index in [1.54, 1.807) is 0 Å². The summed E-state index contributed by atoms with van der Waals surface area (Å²) < 4.78 is 0. The van der Waals surface area contributed by atoms with Gasteiger partial charge in [0.05, 0.1) is 19.6 Å². The average molecular weight is 478 g/mol. The van der Waals surface area contributed by atoms with E-state index in [0.717, 1.165) is 38.1 Å². The van der Waals surface area contributed by atoms with Crippen molar-refractivity contribution in [3.05, 3.63) is 0 Å². The quantitative estimate of drug-likeness (QED) is 0.227. The summed E-state index contributed by atoms with van der Waals surface area (Å²) in [6.07, 6.45) is 6.55. The van der Waals surface area contributed by atoms with E-state index in [9.17, 15) is 9.59 Å². The number of carbonyl (C=O) groups is 2. The van der Waals surface area contributed by atoms with Gasteiger partial charge >= 0.3 is 6.03 Å². The Balaban J connectivity index is 0.00000243. The summed E-state index contributed by atoms with van der Waals surface area (Å²) in [7, 11) is 0. The number of aliphatic imine (C=N–C) groups is 1. The van der Waals surface area contributed by atoms with Crippen molar-refractivity contribution in [1.82, 2.24) is 25.8 Å². The Hall–Kier alpha value is -1.10. The molecule has 2 aliphatic heterocycles. The number of hydrogen-bond acceptors (Lipinski definition) is 4. The minimum absolute atomic E-state index is 0. The van der Waals surface area contributed by atoms with Crippen molar-refractivity contribution in [2.75, 3.05) is 39.3 Å². The maximum Gasteiger partial charge on any atom is 0.324 e. The average Bonchev–Trinajstić information content (AvgIpc) is 3.32. The van der Waals surface area contributed by atoms with Crippen molar-refractivity contribution in [2.24, 2.45) is 4.99 Å². The molecule has 9 heteroatoms. The molecule has 0 aromatic rings. The van der Waals surface area contributed by atoms with Crippen LogP contribution >= 0.6 is 24.0 Å². The molecule has 3 amide bonds. The second-order valence-corrected chi connectivity index (χ2v) is 7.03. The molecule has 0 spiro atoms. The predicted molar refractivity (Wildman–Crippen MR) is 112 cm³/mol. The molecule has 0 aromatic heterocycles. The second-order valence-electron chi connectivity index (χ2n) is 7.03. The van der Waals surface area contributed by atoms with Gasteiger partial charge in [0, 0.05) is 31.7 Å². The van der Waals surface area contributed by atoms with Gasteiger partial charge in [0.2, 0.25) is 5.91 Å². The van der Waals surface area contributed by atoms with E-state index in [2.05, 4.69) is 25.8 Å². The lowest BCUT2D eigenvalue weighted by atomic mass is 10.2. The van der Waals surface area contributed by atoms with Crippen LogP contribution in [0.1, 0.15) is 39.0 Å². The zero-order valence-electron chi connectivity index (χ0n) is 15.5. The number of amides is 3. The maximum atomic E-state index is 11.6. The number of nitrogens with one attached hydrogen (secondary N) is 3. The summed E-state index contributed by atoms with van der Waals surface area (Å²) in [5, 5.41) is 9.29. The molecule has 3 rings (SSSR count). The van der Waals surface area contributed by atoms with Gasteiger partial charge in [0.25, 0.3) is 0 Å². The summed E-state index contributed by atoms with van der Waals surface area (Å²) in [5.74, 6) is 0.592. The molecule has 0 bridgehead atoms. The normalized spacial score (nSPS) is 24.7. The number of likely N-dealkylation sites (tertiary alicyclic amines) is 1. The molecule has 3 aliphatic rings. The zero-order valence-corrected chi connectivity index (χ0v) is 17.8. The molecule has 3 fully saturated rings. The fourth-order valence-corrected chi connectivity index (χ4v) is 3.96. The maximum absolute atomic E-state index is 11.6. The van der Waals surface area contributed by atoms with Crippen molar-refractivity contribution in [3.63, 3.8) is 0 Å². The highest BCUT2D eigenvalue weighted by molar-refractivity contribution is 14.0. The first-order valence-corrected chi connectivity index (χ1v) is 9.54. The molecule has 0 aromatic carbocycles. The zero-order chi connectivity index (χ0) is 17.6. The van der Waals surface area contributed by atoms with Crippen LogP contribution in [0.25, 0.3) is 0 Å². The first kappa shape index (κ1) is 21.2. The number of guanidine groups is 1. The molecule has 26 heavy (non-hydrogen) atoms.